The van der Waals surface area contributed by atoms with Crippen molar-refractivity contribution in [2.24, 2.45) is 5.73 Å². The number of carbonyl (C=O) groups excluding carboxylic acids is 1. The average Bonchev–Trinajstić information content (AvgIpc) is 2.45. The quantitative estimate of drug-likeness (QED) is 0.319. The van der Waals surface area contributed by atoms with Gasteiger partial charge in [0.2, 0.25) is 0 Å². The molecule has 9 nitrogen and oxygen atoms in total. The monoisotopic (exact) mass is 373 g/mol. The molecule has 0 aromatic carbocycles. The number of hydrogen-bond acceptors (Lipinski definition) is 8. The number of amides is 2. The van der Waals surface area contributed by atoms with E-state index in [-0.39, 0.29) is 0 Å². The smallest absolute Gasteiger partial charge is 0.326 e. The highest BCUT2D eigenvalue weighted by molar-refractivity contribution is 8.07. The Morgan fingerprint density at radius 3 is 2.86 bits per heavy atom. The Kier molecular flexibility index (Phi) is 8.25. The van der Waals surface area contributed by atoms with Gasteiger partial charge in [-0.1, -0.05) is 0 Å². The van der Waals surface area contributed by atoms with Crippen molar-refractivity contribution in [1.82, 2.24) is 10.2 Å². The van der Waals surface area contributed by atoms with E-state index in [0.717, 1.165) is 4.90 Å². The molecule has 0 saturated carbocycles. The van der Waals surface area contributed by atoms with Crippen LogP contribution in [0.5, 0.6) is 0 Å². The van der Waals surface area contributed by atoms with Gasteiger partial charge in [-0.2, -0.15) is 11.8 Å². The van der Waals surface area contributed by atoms with E-state index in [1.54, 1.807) is 6.26 Å². The van der Waals surface area contributed by atoms with E-state index in [1.807, 2.05) is 0 Å². The number of ether oxygens (including phenoxy) is 1. The third-order valence-corrected chi connectivity index (χ3v) is 4.81. The van der Waals surface area contributed by atoms with Crippen molar-refractivity contribution < 1.29 is 28.6 Å². The largest absolute Gasteiger partial charge is 0.392 e. The zero-order valence-electron chi connectivity index (χ0n) is 12.1. The second-order valence-electron chi connectivity index (χ2n) is 4.14. The van der Waals surface area contributed by atoms with Crippen LogP contribution in [0.1, 0.15) is 0 Å². The summed E-state index contributed by atoms with van der Waals surface area (Å²) in [5.41, 5.74) is 5.54. The summed E-state index contributed by atoms with van der Waals surface area (Å²) in [6, 6.07) is -0.521. The van der Waals surface area contributed by atoms with Crippen LogP contribution in [0.3, 0.4) is 0 Å². The van der Waals surface area contributed by atoms with Crippen molar-refractivity contribution in [3.63, 3.8) is 0 Å². The van der Waals surface area contributed by atoms with Gasteiger partial charge in [0.05, 0.1) is 12.8 Å². The first-order valence-corrected chi connectivity index (χ1v) is 10.2. The molecule has 22 heavy (non-hydrogen) atoms. The van der Waals surface area contributed by atoms with Crippen molar-refractivity contribution in [2.75, 3.05) is 25.7 Å². The lowest BCUT2D eigenvalue weighted by molar-refractivity contribution is -0.155. The predicted octanol–water partition coefficient (Wildman–Crippen LogP) is -0.286. The van der Waals surface area contributed by atoms with Crippen molar-refractivity contribution in [1.29, 1.82) is 0 Å². The summed E-state index contributed by atoms with van der Waals surface area (Å²) in [6.45, 7) is -3.92. The molecule has 2 unspecified atom stereocenters. The predicted molar refractivity (Wildman–Crippen MR) is 86.2 cm³/mol. The first kappa shape index (κ1) is 19.8. The number of hydrogen-bond donors (Lipinski definition) is 4. The van der Waals surface area contributed by atoms with Crippen molar-refractivity contribution >= 4 is 36.3 Å². The molecule has 1 rings (SSSR count). The van der Waals surface area contributed by atoms with Gasteiger partial charge >= 0.3 is 12.7 Å². The van der Waals surface area contributed by atoms with Gasteiger partial charge in [0.15, 0.2) is 12.5 Å². The Labute approximate surface area is 138 Å². The molecule has 0 spiro atoms. The van der Waals surface area contributed by atoms with Crippen molar-refractivity contribution in [3.05, 3.63) is 12.3 Å². The lowest BCUT2D eigenvalue weighted by Crippen LogP contribution is -2.54. The van der Waals surface area contributed by atoms with Gasteiger partial charge in [0.1, 0.15) is 0 Å². The summed E-state index contributed by atoms with van der Waals surface area (Å²) in [4.78, 5) is 22.7. The molecule has 4 atom stereocenters. The fraction of sp³-hybridized carbons (Fsp3) is 0.700. The van der Waals surface area contributed by atoms with E-state index in [4.69, 9.17) is 31.3 Å². The molecular formula is C10H20N3O6PS2. The number of nitrogens with one attached hydrogen (secondary N) is 1. The van der Waals surface area contributed by atoms with Crippen LogP contribution in [0, 0.1) is 0 Å². The third-order valence-electron chi connectivity index (χ3n) is 2.54. The van der Waals surface area contributed by atoms with Crippen molar-refractivity contribution in [3.8, 4) is 0 Å². The Morgan fingerprint density at radius 2 is 2.36 bits per heavy atom. The summed E-state index contributed by atoms with van der Waals surface area (Å²) in [5.74, 6) is 0.317. The van der Waals surface area contributed by atoms with Gasteiger partial charge in [-0.15, -0.1) is 0 Å². The molecule has 2 amide bonds. The van der Waals surface area contributed by atoms with Crippen LogP contribution in [-0.4, -0.2) is 65.3 Å². The van der Waals surface area contributed by atoms with E-state index in [9.17, 15) is 14.8 Å². The molecule has 0 aromatic rings. The molecule has 1 aliphatic rings. The third kappa shape index (κ3) is 6.11. The SMILES string of the molecule is COP(O)(=S)O[C@@H](CSC)O[C@H](CO)N1C=CC(N)NC1=O. The van der Waals surface area contributed by atoms with Gasteiger partial charge in [-0.05, 0) is 24.1 Å². The highest BCUT2D eigenvalue weighted by Crippen LogP contribution is 2.44. The molecule has 5 N–H and O–H groups in total. The second-order valence-corrected chi connectivity index (χ2v) is 7.95. The van der Waals surface area contributed by atoms with Crippen LogP contribution >= 0.6 is 18.5 Å². The number of carbonyl (C=O) groups is 1. The second kappa shape index (κ2) is 9.16. The lowest BCUT2D eigenvalue weighted by Gasteiger charge is -2.34. The van der Waals surface area contributed by atoms with Gasteiger partial charge in [-0.3, -0.25) is 9.42 Å². The minimum atomic E-state index is -3.43. The van der Waals surface area contributed by atoms with Crippen LogP contribution in [0.25, 0.3) is 0 Å². The Balaban J connectivity index is 2.78. The first-order chi connectivity index (χ1) is 10.3. The topological polar surface area (TPSA) is 127 Å². The first-order valence-electron chi connectivity index (χ1n) is 6.18. The molecule has 0 saturated heterocycles. The van der Waals surface area contributed by atoms with Crippen LogP contribution in [-0.2, 0) is 25.6 Å². The maximum atomic E-state index is 11.8. The molecule has 12 heteroatoms. The van der Waals surface area contributed by atoms with Gasteiger partial charge in [0, 0.05) is 19.1 Å². The number of urea groups is 1. The highest BCUT2D eigenvalue weighted by atomic mass is 32.5. The standard InChI is InChI=1S/C10H20N3O6PS2/c1-17-20(16,21)19-9(6-22-2)18-8(5-14)13-4-3-7(11)12-10(13)15/h3-4,7-9,14H,5-6,11H2,1-2H3,(H,12,15)(H,16,21)/t7?,8-,9+,20?/m1/s1. The number of aliphatic hydroxyl groups is 1. The number of thioether (sulfide) groups is 1. The molecule has 1 heterocycles. The Bertz CT molecular complexity index is 454. The van der Waals surface area contributed by atoms with E-state index < -0.39 is 38.0 Å². The minimum absolute atomic E-state index is 0.317. The van der Waals surface area contributed by atoms with E-state index in [0.29, 0.717) is 5.75 Å². The van der Waals surface area contributed by atoms with Crippen molar-refractivity contribution in [2.45, 2.75) is 18.7 Å². The fourth-order valence-electron chi connectivity index (χ4n) is 1.54. The maximum Gasteiger partial charge on any atom is 0.326 e. The summed E-state index contributed by atoms with van der Waals surface area (Å²) in [6.07, 6.45) is 2.16. The summed E-state index contributed by atoms with van der Waals surface area (Å²) < 4.78 is 15.4. The molecule has 0 radical (unpaired) electrons. The van der Waals surface area contributed by atoms with Crippen LogP contribution < -0.4 is 11.1 Å². The molecule has 0 fully saturated rings. The zero-order valence-corrected chi connectivity index (χ0v) is 14.6. The van der Waals surface area contributed by atoms with E-state index in [2.05, 4.69) is 5.32 Å². The summed E-state index contributed by atoms with van der Waals surface area (Å²) in [5, 5.41) is 11.9. The zero-order chi connectivity index (χ0) is 16.8. The van der Waals surface area contributed by atoms with Gasteiger partial charge in [0.25, 0.3) is 0 Å². The summed E-state index contributed by atoms with van der Waals surface area (Å²) in [7, 11) is 1.22. The molecular weight excluding hydrogens is 353 g/mol. The molecule has 0 aliphatic carbocycles. The van der Waals surface area contributed by atoms with E-state index in [1.165, 1.54) is 31.1 Å². The van der Waals surface area contributed by atoms with Crippen LogP contribution in [0.4, 0.5) is 4.79 Å². The normalized spacial score (nSPS) is 23.8. The minimum Gasteiger partial charge on any atom is -0.392 e. The molecule has 1 aliphatic heterocycles. The van der Waals surface area contributed by atoms with Crippen LogP contribution in [0.2, 0.25) is 0 Å². The average molecular weight is 373 g/mol. The van der Waals surface area contributed by atoms with Gasteiger partial charge < -0.3 is 30.3 Å². The molecule has 128 valence electrons. The summed E-state index contributed by atoms with van der Waals surface area (Å²) >= 11 is 6.14. The van der Waals surface area contributed by atoms with E-state index >= 15 is 0 Å². The Morgan fingerprint density at radius 1 is 1.68 bits per heavy atom. The molecule has 0 aromatic heterocycles. The number of aliphatic hydroxyl groups excluding tert-OH is 1. The van der Waals surface area contributed by atoms with Crippen LogP contribution in [0.15, 0.2) is 12.3 Å². The molecule has 0 bridgehead atoms. The lowest BCUT2D eigenvalue weighted by atomic mass is 10.4. The number of rotatable bonds is 9. The fourth-order valence-corrected chi connectivity index (χ4v) is 2.85. The van der Waals surface area contributed by atoms with Gasteiger partial charge in [-0.25, -0.2) is 4.79 Å². The maximum absolute atomic E-state index is 11.8. The number of nitrogens with two attached hydrogens (primary N) is 1. The number of nitrogens with zero attached hydrogens (tertiary/aromatic N) is 1. The highest BCUT2D eigenvalue weighted by Gasteiger charge is 2.30. The Hall–Kier alpha value is -0.230.